The van der Waals surface area contributed by atoms with Crippen molar-refractivity contribution in [3.05, 3.63) is 0 Å². The predicted octanol–water partition coefficient (Wildman–Crippen LogP) is 1.41. The first-order valence-electron chi connectivity index (χ1n) is 4.40. The predicted molar refractivity (Wildman–Crippen MR) is 52.0 cm³/mol. The smallest absolute Gasteiger partial charge is 0.0693 e. The minimum Gasteiger partial charge on any atom is -0.380 e. The first-order chi connectivity index (χ1) is 5.65. The fraction of sp³-hybridized carbons (Fsp3) is 0.800. The summed E-state index contributed by atoms with van der Waals surface area (Å²) in [5, 5.41) is 3.31. The van der Waals surface area contributed by atoms with Gasteiger partial charge in [0.25, 0.3) is 0 Å². The van der Waals surface area contributed by atoms with E-state index in [9.17, 15) is 0 Å². The van der Waals surface area contributed by atoms with Crippen molar-refractivity contribution in [2.75, 3.05) is 7.11 Å². The van der Waals surface area contributed by atoms with Crippen LogP contribution in [0.3, 0.4) is 0 Å². The van der Waals surface area contributed by atoms with Crippen LogP contribution in [0.25, 0.3) is 0 Å². The topological polar surface area (TPSA) is 21.3 Å². The van der Waals surface area contributed by atoms with Gasteiger partial charge in [0.1, 0.15) is 0 Å². The van der Waals surface area contributed by atoms with Crippen LogP contribution in [0.2, 0.25) is 0 Å². The molecule has 1 N–H and O–H groups in total. The van der Waals surface area contributed by atoms with Crippen LogP contribution in [0.5, 0.6) is 0 Å². The van der Waals surface area contributed by atoms with Gasteiger partial charge in [0.2, 0.25) is 0 Å². The quantitative estimate of drug-likeness (QED) is 0.628. The number of nitrogens with one attached hydrogen (secondary N) is 1. The summed E-state index contributed by atoms with van der Waals surface area (Å²) < 4.78 is 5.17. The number of hydrogen-bond acceptors (Lipinski definition) is 2. The summed E-state index contributed by atoms with van der Waals surface area (Å²) in [5.41, 5.74) is 0. The summed E-state index contributed by atoms with van der Waals surface area (Å²) in [6.45, 7) is 6.18. The molecule has 0 bridgehead atoms. The van der Waals surface area contributed by atoms with Gasteiger partial charge in [-0.1, -0.05) is 12.8 Å². The van der Waals surface area contributed by atoms with Crippen molar-refractivity contribution in [1.29, 1.82) is 0 Å². The molecule has 2 heteroatoms. The van der Waals surface area contributed by atoms with Crippen LogP contribution >= 0.6 is 0 Å². The normalized spacial score (nSPS) is 17.9. The average Bonchev–Trinajstić information content (AvgIpc) is 2.12. The largest absolute Gasteiger partial charge is 0.380 e. The lowest BCUT2D eigenvalue weighted by molar-refractivity contribution is 0.0866. The Balaban J connectivity index is 3.82. The zero-order valence-electron chi connectivity index (χ0n) is 8.42. The number of hydrogen-bond donors (Lipinski definition) is 1. The van der Waals surface area contributed by atoms with Gasteiger partial charge >= 0.3 is 0 Å². The van der Waals surface area contributed by atoms with Crippen molar-refractivity contribution in [3.63, 3.8) is 0 Å². The fourth-order valence-corrected chi connectivity index (χ4v) is 0.941. The van der Waals surface area contributed by atoms with E-state index in [2.05, 4.69) is 25.1 Å². The first kappa shape index (κ1) is 11.5. The molecule has 0 aliphatic heterocycles. The van der Waals surface area contributed by atoms with Crippen LogP contribution in [0.4, 0.5) is 0 Å². The summed E-state index contributed by atoms with van der Waals surface area (Å²) in [7, 11) is 1.71. The van der Waals surface area contributed by atoms with E-state index in [0.29, 0.717) is 6.04 Å². The summed E-state index contributed by atoms with van der Waals surface area (Å²) in [6.07, 6.45) is 6.48. The van der Waals surface area contributed by atoms with E-state index in [1.54, 1.807) is 7.11 Å². The molecule has 0 amide bonds. The van der Waals surface area contributed by atoms with Crippen molar-refractivity contribution >= 4 is 0 Å². The minimum atomic E-state index is 0.164. The Morgan fingerprint density at radius 2 is 2.08 bits per heavy atom. The van der Waals surface area contributed by atoms with Crippen LogP contribution < -0.4 is 5.32 Å². The monoisotopic (exact) mass is 169 g/mol. The highest BCUT2D eigenvalue weighted by atomic mass is 16.5. The zero-order chi connectivity index (χ0) is 9.56. The summed E-state index contributed by atoms with van der Waals surface area (Å²) in [6, 6.07) is 0.466. The van der Waals surface area contributed by atoms with Gasteiger partial charge in [0.05, 0.1) is 12.1 Å². The van der Waals surface area contributed by atoms with Gasteiger partial charge in [-0.05, 0) is 20.3 Å². The summed E-state index contributed by atoms with van der Waals surface area (Å²) >= 11 is 0. The summed E-state index contributed by atoms with van der Waals surface area (Å²) in [4.78, 5) is 0. The van der Waals surface area contributed by atoms with Crippen LogP contribution in [0.1, 0.15) is 27.2 Å². The maximum absolute atomic E-state index is 5.32. The number of ether oxygens (including phenoxy) is 1. The third-order valence-corrected chi connectivity index (χ3v) is 2.15. The van der Waals surface area contributed by atoms with Gasteiger partial charge in [-0.15, -0.1) is 6.42 Å². The molecular weight excluding hydrogens is 150 g/mol. The molecule has 0 aromatic carbocycles. The van der Waals surface area contributed by atoms with Crippen molar-refractivity contribution in [1.82, 2.24) is 5.32 Å². The summed E-state index contributed by atoms with van der Waals surface area (Å²) in [5.74, 6) is 2.69. The molecule has 0 aliphatic rings. The van der Waals surface area contributed by atoms with E-state index < -0.39 is 0 Å². The van der Waals surface area contributed by atoms with E-state index in [0.717, 1.165) is 6.42 Å². The van der Waals surface area contributed by atoms with E-state index in [1.807, 2.05) is 6.92 Å². The van der Waals surface area contributed by atoms with Crippen molar-refractivity contribution in [3.8, 4) is 12.3 Å². The Bertz CT molecular complexity index is 150. The minimum absolute atomic E-state index is 0.164. The van der Waals surface area contributed by atoms with Crippen molar-refractivity contribution < 1.29 is 4.74 Å². The first-order valence-corrected chi connectivity index (χ1v) is 4.40. The highest BCUT2D eigenvalue weighted by molar-refractivity contribution is 4.99. The van der Waals surface area contributed by atoms with Gasteiger partial charge in [-0.3, -0.25) is 5.32 Å². The van der Waals surface area contributed by atoms with Gasteiger partial charge < -0.3 is 4.74 Å². The highest BCUT2D eigenvalue weighted by Crippen LogP contribution is 1.99. The van der Waals surface area contributed by atoms with Gasteiger partial charge in [0, 0.05) is 13.2 Å². The Morgan fingerprint density at radius 1 is 1.50 bits per heavy atom. The van der Waals surface area contributed by atoms with Crippen molar-refractivity contribution in [2.24, 2.45) is 0 Å². The average molecular weight is 169 g/mol. The second kappa shape index (κ2) is 6.05. The lowest BCUT2D eigenvalue weighted by Gasteiger charge is -2.22. The Hall–Kier alpha value is -0.520. The molecule has 0 saturated heterocycles. The third-order valence-electron chi connectivity index (χ3n) is 2.15. The Kier molecular flexibility index (Phi) is 5.79. The third kappa shape index (κ3) is 3.75. The molecule has 0 heterocycles. The van der Waals surface area contributed by atoms with Crippen LogP contribution in [-0.2, 0) is 4.74 Å². The molecule has 2 nitrogen and oxygen atoms in total. The number of methoxy groups -OCH3 is 1. The Morgan fingerprint density at radius 3 is 2.42 bits per heavy atom. The van der Waals surface area contributed by atoms with Crippen molar-refractivity contribution in [2.45, 2.75) is 45.4 Å². The fourth-order valence-electron chi connectivity index (χ4n) is 0.941. The van der Waals surface area contributed by atoms with E-state index in [-0.39, 0.29) is 12.1 Å². The highest BCUT2D eigenvalue weighted by Gasteiger charge is 2.13. The standard InChI is InChI=1S/C10H19NO/c1-6-10(7-2)11-8(3)9(4)12-5/h1,8-11H,7H2,2-5H3. The van der Waals surface area contributed by atoms with E-state index in [1.165, 1.54) is 0 Å². The molecular formula is C10H19NO. The number of rotatable bonds is 5. The lowest BCUT2D eigenvalue weighted by atomic mass is 10.1. The van der Waals surface area contributed by atoms with E-state index >= 15 is 0 Å². The number of terminal acetylenes is 1. The molecule has 70 valence electrons. The van der Waals surface area contributed by atoms with Crippen LogP contribution in [0, 0.1) is 12.3 Å². The maximum Gasteiger partial charge on any atom is 0.0693 e. The van der Waals surface area contributed by atoms with Gasteiger partial charge in [0.15, 0.2) is 0 Å². The Labute approximate surface area is 75.7 Å². The maximum atomic E-state index is 5.32. The molecule has 0 fully saturated rings. The molecule has 0 rings (SSSR count). The van der Waals surface area contributed by atoms with Gasteiger partial charge in [-0.25, -0.2) is 0 Å². The second-order valence-electron chi connectivity index (χ2n) is 3.02. The second-order valence-corrected chi connectivity index (χ2v) is 3.02. The van der Waals surface area contributed by atoms with Gasteiger partial charge in [-0.2, -0.15) is 0 Å². The van der Waals surface area contributed by atoms with E-state index in [4.69, 9.17) is 11.2 Å². The molecule has 0 saturated carbocycles. The molecule has 0 spiro atoms. The molecule has 0 aromatic rings. The molecule has 12 heavy (non-hydrogen) atoms. The lowest BCUT2D eigenvalue weighted by Crippen LogP contribution is -2.42. The molecule has 3 atom stereocenters. The van der Waals surface area contributed by atoms with Crippen LogP contribution in [0.15, 0.2) is 0 Å². The molecule has 0 aromatic heterocycles. The molecule has 0 radical (unpaired) electrons. The SMILES string of the molecule is C#CC(CC)NC(C)C(C)OC. The van der Waals surface area contributed by atoms with Crippen LogP contribution in [-0.4, -0.2) is 25.3 Å². The molecule has 0 aliphatic carbocycles. The molecule has 3 unspecified atom stereocenters. The zero-order valence-corrected chi connectivity index (χ0v) is 8.42.